The maximum absolute atomic E-state index is 12.8. The van der Waals surface area contributed by atoms with Crippen LogP contribution in [0.3, 0.4) is 0 Å². The molecule has 0 atom stereocenters. The molecule has 0 saturated carbocycles. The molecule has 0 aliphatic rings. The van der Waals surface area contributed by atoms with E-state index in [4.69, 9.17) is 5.73 Å². The number of nitrogens with two attached hydrogens (primary N) is 1. The van der Waals surface area contributed by atoms with Gasteiger partial charge in [0.15, 0.2) is 5.69 Å². The van der Waals surface area contributed by atoms with Crippen molar-refractivity contribution in [3.8, 4) is 11.3 Å². The molecule has 3 N–H and O–H groups in total. The van der Waals surface area contributed by atoms with Crippen LogP contribution in [-0.4, -0.2) is 20.7 Å². The van der Waals surface area contributed by atoms with Gasteiger partial charge >= 0.3 is 6.18 Å². The molecule has 0 saturated heterocycles. The fourth-order valence-electron chi connectivity index (χ4n) is 2.41. The van der Waals surface area contributed by atoms with E-state index in [9.17, 15) is 18.0 Å². The molecular formula is C17H13F3IN5O. The molecule has 27 heavy (non-hydrogen) atoms. The van der Waals surface area contributed by atoms with Crippen LogP contribution in [0.1, 0.15) is 16.1 Å². The van der Waals surface area contributed by atoms with Gasteiger partial charge in [-0.05, 0) is 65.1 Å². The molecule has 1 amide bonds. The normalized spacial score (nSPS) is 11.4. The van der Waals surface area contributed by atoms with Crippen LogP contribution in [-0.2, 0) is 13.2 Å². The number of hydrogen-bond donors (Lipinski definition) is 2. The van der Waals surface area contributed by atoms with Gasteiger partial charge in [0, 0.05) is 21.7 Å². The molecule has 1 aromatic carbocycles. The molecule has 2 aromatic heterocycles. The summed E-state index contributed by atoms with van der Waals surface area (Å²) in [7, 11) is 1.39. The number of halogens is 4. The number of hydrogen-bond acceptors (Lipinski definition) is 4. The molecule has 0 unspecified atom stereocenters. The number of carbonyl (C=O) groups is 1. The molecule has 140 valence electrons. The van der Waals surface area contributed by atoms with Crippen LogP contribution in [0.25, 0.3) is 11.3 Å². The van der Waals surface area contributed by atoms with E-state index in [0.29, 0.717) is 5.56 Å². The van der Waals surface area contributed by atoms with Crippen molar-refractivity contribution < 1.29 is 18.0 Å². The third-order valence-corrected chi connectivity index (χ3v) is 4.44. The highest BCUT2D eigenvalue weighted by molar-refractivity contribution is 14.1. The summed E-state index contributed by atoms with van der Waals surface area (Å²) < 4.78 is 40.5. The number of nitrogens with one attached hydrogen (secondary N) is 1. The Morgan fingerprint density at radius 1 is 1.19 bits per heavy atom. The third-order valence-electron chi connectivity index (χ3n) is 3.72. The molecule has 3 rings (SSSR count). The first-order chi connectivity index (χ1) is 12.6. The average Bonchev–Trinajstić information content (AvgIpc) is 2.97. The summed E-state index contributed by atoms with van der Waals surface area (Å²) in [6.45, 7) is 0. The van der Waals surface area contributed by atoms with E-state index in [0.717, 1.165) is 14.3 Å². The summed E-state index contributed by atoms with van der Waals surface area (Å²) in [5.41, 5.74) is 5.77. The fourth-order valence-corrected chi connectivity index (χ4v) is 2.77. The first-order valence-corrected chi connectivity index (χ1v) is 8.68. The number of aromatic nitrogens is 3. The Hall–Kier alpha value is -2.63. The topological polar surface area (TPSA) is 85.8 Å². The van der Waals surface area contributed by atoms with Crippen molar-refractivity contribution in [3.63, 3.8) is 0 Å². The number of carbonyl (C=O) groups excluding carboxylic acids is 1. The lowest BCUT2D eigenvalue weighted by molar-refractivity contribution is -0.141. The van der Waals surface area contributed by atoms with E-state index in [2.05, 4.69) is 38.0 Å². The number of nitrogens with zero attached hydrogens (tertiary/aromatic N) is 3. The van der Waals surface area contributed by atoms with E-state index in [-0.39, 0.29) is 28.8 Å². The third kappa shape index (κ3) is 4.21. The number of nitrogen functional groups attached to an aromatic ring is 1. The highest BCUT2D eigenvalue weighted by atomic mass is 127. The Morgan fingerprint density at radius 2 is 1.85 bits per heavy atom. The summed E-state index contributed by atoms with van der Waals surface area (Å²) in [5, 5.41) is 6.06. The van der Waals surface area contributed by atoms with Crippen molar-refractivity contribution in [2.24, 2.45) is 7.05 Å². The zero-order valence-electron chi connectivity index (χ0n) is 13.9. The van der Waals surface area contributed by atoms with Crippen LogP contribution in [0.4, 0.5) is 24.8 Å². The summed E-state index contributed by atoms with van der Waals surface area (Å²) in [6.07, 6.45) is -4.56. The van der Waals surface area contributed by atoms with Gasteiger partial charge in [-0.2, -0.15) is 18.3 Å². The van der Waals surface area contributed by atoms with Gasteiger partial charge in [0.1, 0.15) is 11.6 Å². The van der Waals surface area contributed by atoms with E-state index < -0.39 is 11.9 Å². The summed E-state index contributed by atoms with van der Waals surface area (Å²) in [4.78, 5) is 16.3. The molecule has 0 aliphatic carbocycles. The van der Waals surface area contributed by atoms with Crippen LogP contribution in [0.15, 0.2) is 42.5 Å². The van der Waals surface area contributed by atoms with Crippen LogP contribution in [0.2, 0.25) is 0 Å². The molecule has 10 heteroatoms. The average molecular weight is 487 g/mol. The second-order valence-corrected chi connectivity index (χ2v) is 6.87. The van der Waals surface area contributed by atoms with Crippen molar-refractivity contribution in [2.45, 2.75) is 6.18 Å². The number of amides is 1. The lowest BCUT2D eigenvalue weighted by atomic mass is 10.1. The van der Waals surface area contributed by atoms with Gasteiger partial charge in [0.2, 0.25) is 0 Å². The summed E-state index contributed by atoms with van der Waals surface area (Å²) in [5.74, 6) is -0.198. The Labute approximate surface area is 165 Å². The SMILES string of the molecule is Cn1nc(C(F)(F)F)cc1-c1ccc(NC(=O)c2ccc(I)cc2)nc1N. The molecule has 0 fully saturated rings. The molecule has 0 radical (unpaired) electrons. The van der Waals surface area contributed by atoms with E-state index in [1.165, 1.54) is 19.2 Å². The second kappa shape index (κ2) is 7.18. The number of rotatable bonds is 3. The fraction of sp³-hybridized carbons (Fsp3) is 0.118. The van der Waals surface area contributed by atoms with Crippen molar-refractivity contribution in [1.29, 1.82) is 0 Å². The smallest absolute Gasteiger partial charge is 0.383 e. The number of aryl methyl sites for hydroxylation is 1. The highest BCUT2D eigenvalue weighted by Gasteiger charge is 2.35. The number of pyridine rings is 1. The second-order valence-electron chi connectivity index (χ2n) is 5.63. The highest BCUT2D eigenvalue weighted by Crippen LogP contribution is 2.33. The molecule has 0 spiro atoms. The van der Waals surface area contributed by atoms with Gasteiger partial charge in [-0.25, -0.2) is 4.98 Å². The van der Waals surface area contributed by atoms with Crippen molar-refractivity contribution >= 4 is 40.1 Å². The quantitative estimate of drug-likeness (QED) is 0.549. The Morgan fingerprint density at radius 3 is 2.41 bits per heavy atom. The maximum atomic E-state index is 12.8. The minimum absolute atomic E-state index is 0.0212. The molecule has 0 aliphatic heterocycles. The lowest BCUT2D eigenvalue weighted by Gasteiger charge is -2.09. The van der Waals surface area contributed by atoms with Crippen LogP contribution in [0, 0.1) is 3.57 Å². The standard InChI is InChI=1S/C17H13F3IN5O/c1-26-12(8-13(25-26)17(18,19)20)11-6-7-14(23-15(11)22)24-16(27)9-2-4-10(21)5-3-9/h2-8H,1H3,(H3,22,23,24,27). The lowest BCUT2D eigenvalue weighted by Crippen LogP contribution is -2.13. The van der Waals surface area contributed by atoms with E-state index in [1.54, 1.807) is 24.3 Å². The molecular weight excluding hydrogens is 474 g/mol. The molecule has 0 bridgehead atoms. The summed E-state index contributed by atoms with van der Waals surface area (Å²) >= 11 is 2.13. The van der Waals surface area contributed by atoms with Crippen LogP contribution in [0.5, 0.6) is 0 Å². The van der Waals surface area contributed by atoms with Crippen molar-refractivity contribution in [3.05, 3.63) is 57.3 Å². The number of anilines is 2. The first kappa shape index (κ1) is 19.1. The van der Waals surface area contributed by atoms with Gasteiger partial charge in [-0.1, -0.05) is 0 Å². The molecule has 2 heterocycles. The van der Waals surface area contributed by atoms with Gasteiger partial charge in [-0.3, -0.25) is 9.48 Å². The van der Waals surface area contributed by atoms with Crippen molar-refractivity contribution in [1.82, 2.24) is 14.8 Å². The van der Waals surface area contributed by atoms with Gasteiger partial charge in [0.05, 0.1) is 5.69 Å². The number of benzene rings is 1. The van der Waals surface area contributed by atoms with E-state index in [1.807, 2.05) is 0 Å². The predicted octanol–water partition coefficient (Wildman–Crippen LogP) is 3.94. The summed E-state index contributed by atoms with van der Waals surface area (Å²) in [6, 6.07) is 10.8. The van der Waals surface area contributed by atoms with Crippen LogP contribution < -0.4 is 11.1 Å². The Bertz CT molecular complexity index is 999. The zero-order valence-corrected chi connectivity index (χ0v) is 16.0. The molecule has 3 aromatic rings. The first-order valence-electron chi connectivity index (χ1n) is 7.60. The van der Waals surface area contributed by atoms with Gasteiger partial charge in [-0.15, -0.1) is 0 Å². The largest absolute Gasteiger partial charge is 0.435 e. The van der Waals surface area contributed by atoms with Gasteiger partial charge < -0.3 is 11.1 Å². The minimum atomic E-state index is -4.56. The maximum Gasteiger partial charge on any atom is 0.435 e. The monoisotopic (exact) mass is 487 g/mol. The zero-order chi connectivity index (χ0) is 19.8. The Kier molecular flexibility index (Phi) is 5.09. The van der Waals surface area contributed by atoms with Gasteiger partial charge in [0.25, 0.3) is 5.91 Å². The minimum Gasteiger partial charge on any atom is -0.383 e. The predicted molar refractivity (Wildman–Crippen MR) is 103 cm³/mol. The van der Waals surface area contributed by atoms with Crippen molar-refractivity contribution in [2.75, 3.05) is 11.1 Å². The molecule has 6 nitrogen and oxygen atoms in total. The van der Waals surface area contributed by atoms with E-state index >= 15 is 0 Å². The number of alkyl halides is 3. The Balaban J connectivity index is 1.85. The van der Waals surface area contributed by atoms with Crippen LogP contribution >= 0.6 is 22.6 Å².